The van der Waals surface area contributed by atoms with Crippen LogP contribution in [0.5, 0.6) is 11.8 Å². The standard InChI is InChI=1S/C11H7BrF2N4O2/c12-5-3-6(13)9(14)8(4-5)20-11-16-2-1-7(17-11)10(15)18-19/h1-4,19H,(H2,15,18). The molecule has 0 saturated carbocycles. The first kappa shape index (κ1) is 14.1. The molecule has 1 aromatic carbocycles. The molecule has 2 rings (SSSR count). The number of aromatic nitrogens is 2. The van der Waals surface area contributed by atoms with Gasteiger partial charge in [-0.15, -0.1) is 0 Å². The predicted octanol–water partition coefficient (Wildman–Crippen LogP) is 2.40. The molecule has 0 amide bonds. The van der Waals surface area contributed by atoms with Crippen LogP contribution in [0.15, 0.2) is 34.0 Å². The van der Waals surface area contributed by atoms with E-state index in [1.165, 1.54) is 18.3 Å². The molecule has 0 saturated heterocycles. The summed E-state index contributed by atoms with van der Waals surface area (Å²) in [5, 5.41) is 11.3. The van der Waals surface area contributed by atoms with Crippen molar-refractivity contribution in [2.45, 2.75) is 0 Å². The molecule has 0 aliphatic heterocycles. The fraction of sp³-hybridized carbons (Fsp3) is 0. The Morgan fingerprint density at radius 1 is 1.40 bits per heavy atom. The maximum atomic E-state index is 13.5. The van der Waals surface area contributed by atoms with E-state index in [9.17, 15) is 8.78 Å². The highest BCUT2D eigenvalue weighted by Crippen LogP contribution is 2.28. The second-order valence-electron chi connectivity index (χ2n) is 3.51. The average Bonchev–Trinajstić information content (AvgIpc) is 2.43. The second kappa shape index (κ2) is 5.78. The van der Waals surface area contributed by atoms with Gasteiger partial charge in [-0.1, -0.05) is 21.1 Å². The van der Waals surface area contributed by atoms with Gasteiger partial charge >= 0.3 is 6.01 Å². The van der Waals surface area contributed by atoms with Gasteiger partial charge in [-0.05, 0) is 18.2 Å². The number of rotatable bonds is 3. The summed E-state index contributed by atoms with van der Waals surface area (Å²) < 4.78 is 32.1. The van der Waals surface area contributed by atoms with Crippen molar-refractivity contribution in [1.82, 2.24) is 9.97 Å². The van der Waals surface area contributed by atoms with E-state index in [0.29, 0.717) is 4.47 Å². The number of halogens is 3. The van der Waals surface area contributed by atoms with Crippen molar-refractivity contribution in [3.63, 3.8) is 0 Å². The Morgan fingerprint density at radius 2 is 2.15 bits per heavy atom. The number of benzene rings is 1. The largest absolute Gasteiger partial charge is 0.421 e. The minimum Gasteiger partial charge on any atom is -0.421 e. The molecule has 9 heteroatoms. The number of nitrogens with two attached hydrogens (primary N) is 1. The van der Waals surface area contributed by atoms with Crippen LogP contribution in [0.3, 0.4) is 0 Å². The quantitative estimate of drug-likeness (QED) is 0.293. The van der Waals surface area contributed by atoms with Crippen LogP contribution < -0.4 is 10.5 Å². The maximum Gasteiger partial charge on any atom is 0.322 e. The third-order valence-electron chi connectivity index (χ3n) is 2.16. The molecular formula is C11H7BrF2N4O2. The Bertz CT molecular complexity index is 681. The van der Waals surface area contributed by atoms with Crippen LogP contribution in [-0.4, -0.2) is 21.0 Å². The summed E-state index contributed by atoms with van der Waals surface area (Å²) in [5.41, 5.74) is 5.42. The lowest BCUT2D eigenvalue weighted by Gasteiger charge is -2.07. The van der Waals surface area contributed by atoms with Crippen molar-refractivity contribution in [2.24, 2.45) is 10.9 Å². The smallest absolute Gasteiger partial charge is 0.322 e. The van der Waals surface area contributed by atoms with Gasteiger partial charge in [0.15, 0.2) is 17.4 Å². The van der Waals surface area contributed by atoms with Gasteiger partial charge in [-0.3, -0.25) is 0 Å². The average molecular weight is 345 g/mol. The Labute approximate surface area is 120 Å². The van der Waals surface area contributed by atoms with E-state index in [-0.39, 0.29) is 17.5 Å². The molecular weight excluding hydrogens is 338 g/mol. The summed E-state index contributed by atoms with van der Waals surface area (Å²) in [4.78, 5) is 7.51. The summed E-state index contributed by atoms with van der Waals surface area (Å²) in [5.74, 6) is -2.92. The van der Waals surface area contributed by atoms with Crippen molar-refractivity contribution in [1.29, 1.82) is 0 Å². The molecule has 3 N–H and O–H groups in total. The van der Waals surface area contributed by atoms with Crippen LogP contribution in [0.4, 0.5) is 8.78 Å². The zero-order chi connectivity index (χ0) is 14.7. The molecule has 0 aliphatic carbocycles. The van der Waals surface area contributed by atoms with Gasteiger partial charge in [-0.25, -0.2) is 9.37 Å². The molecule has 0 bridgehead atoms. The molecule has 0 fully saturated rings. The molecule has 1 heterocycles. The molecule has 2 aromatic rings. The topological polar surface area (TPSA) is 93.6 Å². The van der Waals surface area contributed by atoms with Gasteiger partial charge in [0.1, 0.15) is 5.69 Å². The summed E-state index contributed by atoms with van der Waals surface area (Å²) in [6, 6.07) is 3.26. The number of oxime groups is 1. The maximum absolute atomic E-state index is 13.5. The van der Waals surface area contributed by atoms with Crippen LogP contribution in [0.1, 0.15) is 5.69 Å². The molecule has 6 nitrogen and oxygen atoms in total. The third-order valence-corrected chi connectivity index (χ3v) is 2.62. The van der Waals surface area contributed by atoms with E-state index < -0.39 is 17.4 Å². The van der Waals surface area contributed by atoms with E-state index in [2.05, 4.69) is 31.1 Å². The molecule has 0 aliphatic rings. The first-order valence-electron chi connectivity index (χ1n) is 5.14. The SMILES string of the molecule is N/C(=N/O)c1ccnc(Oc2cc(Br)cc(F)c2F)n1. The number of hydrogen-bond acceptors (Lipinski definition) is 5. The monoisotopic (exact) mass is 344 g/mol. The van der Waals surface area contributed by atoms with E-state index in [4.69, 9.17) is 15.7 Å². The Morgan fingerprint density at radius 3 is 2.85 bits per heavy atom. The zero-order valence-electron chi connectivity index (χ0n) is 9.72. The van der Waals surface area contributed by atoms with Gasteiger partial charge < -0.3 is 15.7 Å². The van der Waals surface area contributed by atoms with Gasteiger partial charge in [0, 0.05) is 10.7 Å². The lowest BCUT2D eigenvalue weighted by atomic mass is 10.3. The molecule has 1 aromatic heterocycles. The highest BCUT2D eigenvalue weighted by Gasteiger charge is 2.14. The van der Waals surface area contributed by atoms with Crippen LogP contribution >= 0.6 is 15.9 Å². The summed E-state index contributed by atoms with van der Waals surface area (Å²) in [6.07, 6.45) is 1.27. The minimum absolute atomic E-state index is 0.0772. The van der Waals surface area contributed by atoms with E-state index in [0.717, 1.165) is 6.07 Å². The van der Waals surface area contributed by atoms with Gasteiger partial charge in [0.2, 0.25) is 5.82 Å². The van der Waals surface area contributed by atoms with Gasteiger partial charge in [0.05, 0.1) is 0 Å². The van der Waals surface area contributed by atoms with Crippen LogP contribution in [0.2, 0.25) is 0 Å². The van der Waals surface area contributed by atoms with Crippen molar-refractivity contribution in [3.05, 3.63) is 46.2 Å². The Hall–Kier alpha value is -2.29. The van der Waals surface area contributed by atoms with Crippen molar-refractivity contribution >= 4 is 21.8 Å². The molecule has 20 heavy (non-hydrogen) atoms. The number of hydrogen-bond donors (Lipinski definition) is 2. The highest BCUT2D eigenvalue weighted by molar-refractivity contribution is 9.10. The third kappa shape index (κ3) is 2.99. The van der Waals surface area contributed by atoms with Crippen LogP contribution in [0.25, 0.3) is 0 Å². The predicted molar refractivity (Wildman–Crippen MR) is 68.7 cm³/mol. The fourth-order valence-corrected chi connectivity index (χ4v) is 1.70. The van der Waals surface area contributed by atoms with Crippen molar-refractivity contribution in [3.8, 4) is 11.8 Å². The van der Waals surface area contributed by atoms with Gasteiger partial charge in [-0.2, -0.15) is 9.37 Å². The summed E-state index contributed by atoms with van der Waals surface area (Å²) >= 11 is 3.01. The normalized spacial score (nSPS) is 11.4. The second-order valence-corrected chi connectivity index (χ2v) is 4.43. The Kier molecular flexibility index (Phi) is 4.08. The zero-order valence-corrected chi connectivity index (χ0v) is 11.3. The first-order valence-corrected chi connectivity index (χ1v) is 5.94. The van der Waals surface area contributed by atoms with E-state index in [1.54, 1.807) is 0 Å². The van der Waals surface area contributed by atoms with Gasteiger partial charge in [0.25, 0.3) is 0 Å². The molecule has 0 spiro atoms. The summed E-state index contributed by atoms with van der Waals surface area (Å²) in [7, 11) is 0. The first-order chi connectivity index (χ1) is 9.51. The number of amidine groups is 1. The van der Waals surface area contributed by atoms with Crippen molar-refractivity contribution < 1.29 is 18.7 Å². The van der Waals surface area contributed by atoms with E-state index >= 15 is 0 Å². The van der Waals surface area contributed by atoms with Crippen LogP contribution in [0, 0.1) is 11.6 Å². The highest BCUT2D eigenvalue weighted by atomic mass is 79.9. The molecule has 0 unspecified atom stereocenters. The van der Waals surface area contributed by atoms with E-state index in [1.807, 2.05) is 0 Å². The summed E-state index contributed by atoms with van der Waals surface area (Å²) in [6.45, 7) is 0. The minimum atomic E-state index is -1.17. The van der Waals surface area contributed by atoms with Crippen molar-refractivity contribution in [2.75, 3.05) is 0 Å². The molecule has 0 atom stereocenters. The molecule has 0 radical (unpaired) electrons. The lowest BCUT2D eigenvalue weighted by molar-refractivity contribution is 0.318. The molecule has 104 valence electrons. The Balaban J connectivity index is 2.36. The number of ether oxygens (including phenoxy) is 1. The van der Waals surface area contributed by atoms with Crippen LogP contribution in [-0.2, 0) is 0 Å². The fourth-order valence-electron chi connectivity index (χ4n) is 1.29. The lowest BCUT2D eigenvalue weighted by Crippen LogP contribution is -2.15. The number of nitrogens with zero attached hydrogens (tertiary/aromatic N) is 3.